The molecule has 0 saturated carbocycles. The van der Waals surface area contributed by atoms with Gasteiger partial charge in [-0.1, -0.05) is 23.2 Å². The molecule has 0 aliphatic carbocycles. The Morgan fingerprint density at radius 2 is 1.85 bits per heavy atom. The zero-order chi connectivity index (χ0) is 24.2. The lowest BCUT2D eigenvalue weighted by Gasteiger charge is -2.27. The number of halogens is 2. The summed E-state index contributed by atoms with van der Waals surface area (Å²) in [5, 5.41) is 16.8. The number of hydrogen-bond acceptors (Lipinski definition) is 6. The van der Waals surface area contributed by atoms with Crippen LogP contribution in [0.5, 0.6) is 5.75 Å². The SMILES string of the molecule is COc1ccc(N(C(=O)Nc2cc(Cl)ccc2Cl)c2ccnc(NC(C)C(C)(C)O)n2)cc1. The van der Waals surface area contributed by atoms with Crippen LogP contribution in [-0.2, 0) is 0 Å². The lowest BCUT2D eigenvalue weighted by molar-refractivity contribution is 0.0646. The van der Waals surface area contributed by atoms with Crippen molar-refractivity contribution >= 4 is 52.4 Å². The summed E-state index contributed by atoms with van der Waals surface area (Å²) in [4.78, 5) is 23.5. The van der Waals surface area contributed by atoms with E-state index in [1.165, 1.54) is 11.1 Å². The second-order valence-corrected chi connectivity index (χ2v) is 8.69. The highest BCUT2D eigenvalue weighted by molar-refractivity contribution is 6.35. The molecule has 1 heterocycles. The molecule has 8 nitrogen and oxygen atoms in total. The van der Waals surface area contributed by atoms with Gasteiger partial charge in [-0.15, -0.1) is 0 Å². The summed E-state index contributed by atoms with van der Waals surface area (Å²) < 4.78 is 5.22. The fourth-order valence-corrected chi connectivity index (χ4v) is 3.10. The number of hydrogen-bond donors (Lipinski definition) is 3. The molecule has 0 spiro atoms. The van der Waals surface area contributed by atoms with Crippen LogP contribution < -0.4 is 20.3 Å². The van der Waals surface area contributed by atoms with Gasteiger partial charge in [0.25, 0.3) is 0 Å². The maximum atomic E-state index is 13.4. The summed E-state index contributed by atoms with van der Waals surface area (Å²) >= 11 is 12.3. The Balaban J connectivity index is 1.99. The minimum absolute atomic E-state index is 0.259. The molecule has 0 fully saturated rings. The van der Waals surface area contributed by atoms with Crippen LogP contribution in [0.2, 0.25) is 10.0 Å². The van der Waals surface area contributed by atoms with Gasteiger partial charge in [-0.05, 0) is 63.2 Å². The molecule has 2 amide bonds. The van der Waals surface area contributed by atoms with Crippen molar-refractivity contribution in [1.82, 2.24) is 9.97 Å². The first-order chi connectivity index (χ1) is 15.6. The third kappa shape index (κ3) is 6.25. The highest BCUT2D eigenvalue weighted by atomic mass is 35.5. The molecule has 33 heavy (non-hydrogen) atoms. The van der Waals surface area contributed by atoms with E-state index < -0.39 is 11.6 Å². The van der Waals surface area contributed by atoms with Crippen molar-refractivity contribution in [2.45, 2.75) is 32.4 Å². The van der Waals surface area contributed by atoms with Gasteiger partial charge >= 0.3 is 6.03 Å². The Bertz CT molecular complexity index is 1120. The smallest absolute Gasteiger partial charge is 0.332 e. The number of nitrogens with one attached hydrogen (secondary N) is 2. The average molecular weight is 490 g/mol. The first-order valence-electron chi connectivity index (χ1n) is 10.1. The zero-order valence-electron chi connectivity index (χ0n) is 18.6. The van der Waals surface area contributed by atoms with Crippen molar-refractivity contribution in [3.63, 3.8) is 0 Å². The number of carbonyl (C=O) groups is 1. The lowest BCUT2D eigenvalue weighted by Crippen LogP contribution is -2.40. The molecule has 1 aromatic heterocycles. The summed E-state index contributed by atoms with van der Waals surface area (Å²) in [6.45, 7) is 5.17. The normalized spacial score (nSPS) is 12.1. The molecule has 0 bridgehead atoms. The Hall–Kier alpha value is -3.07. The van der Waals surface area contributed by atoms with Crippen LogP contribution in [0.25, 0.3) is 0 Å². The molecule has 3 rings (SSSR count). The number of methoxy groups -OCH3 is 1. The molecule has 3 aromatic rings. The van der Waals surface area contributed by atoms with Crippen molar-refractivity contribution in [3.8, 4) is 5.75 Å². The van der Waals surface area contributed by atoms with Crippen LogP contribution in [0, 0.1) is 0 Å². The monoisotopic (exact) mass is 489 g/mol. The quantitative estimate of drug-likeness (QED) is 0.391. The number of anilines is 4. The summed E-state index contributed by atoms with van der Waals surface area (Å²) in [5.74, 6) is 1.20. The predicted molar refractivity (Wildman–Crippen MR) is 132 cm³/mol. The standard InChI is InChI=1S/C23H25Cl2N5O3/c1-14(23(2,3)32)27-21-26-12-11-20(29-21)30(16-6-8-17(33-4)9-7-16)22(31)28-19-13-15(24)5-10-18(19)25/h5-14,32H,1-4H3,(H,28,31)(H,26,27,29). The van der Waals surface area contributed by atoms with Crippen molar-refractivity contribution in [2.24, 2.45) is 0 Å². The van der Waals surface area contributed by atoms with E-state index in [0.29, 0.717) is 33.0 Å². The molecule has 1 atom stereocenters. The number of aliphatic hydroxyl groups is 1. The van der Waals surface area contributed by atoms with Gasteiger partial charge in [0.05, 0.1) is 35.2 Å². The van der Waals surface area contributed by atoms with E-state index in [2.05, 4.69) is 20.6 Å². The number of amides is 2. The highest BCUT2D eigenvalue weighted by Gasteiger charge is 2.25. The number of rotatable bonds is 7. The molecule has 0 radical (unpaired) electrons. The topological polar surface area (TPSA) is 99.6 Å². The molecule has 0 saturated heterocycles. The van der Waals surface area contributed by atoms with E-state index in [4.69, 9.17) is 27.9 Å². The van der Waals surface area contributed by atoms with Gasteiger partial charge in [-0.25, -0.2) is 14.7 Å². The van der Waals surface area contributed by atoms with Gasteiger partial charge in [0.2, 0.25) is 5.95 Å². The summed E-state index contributed by atoms with van der Waals surface area (Å²) in [7, 11) is 1.56. The zero-order valence-corrected chi connectivity index (χ0v) is 20.1. The minimum atomic E-state index is -1.00. The van der Waals surface area contributed by atoms with Crippen molar-refractivity contribution in [1.29, 1.82) is 0 Å². The Kier molecular flexibility index (Phi) is 7.63. The van der Waals surface area contributed by atoms with Crippen LogP contribution in [0.1, 0.15) is 20.8 Å². The van der Waals surface area contributed by atoms with Gasteiger partial charge < -0.3 is 20.5 Å². The first kappa shape index (κ1) is 24.6. The molecule has 2 aromatic carbocycles. The molecular formula is C23H25Cl2N5O3. The first-order valence-corrected chi connectivity index (χ1v) is 10.9. The van der Waals surface area contributed by atoms with Crippen LogP contribution in [0.4, 0.5) is 27.9 Å². The Morgan fingerprint density at radius 1 is 1.15 bits per heavy atom. The number of aromatic nitrogens is 2. The molecule has 1 unspecified atom stereocenters. The van der Waals surface area contributed by atoms with Crippen LogP contribution in [0.15, 0.2) is 54.7 Å². The van der Waals surface area contributed by atoms with E-state index >= 15 is 0 Å². The lowest BCUT2D eigenvalue weighted by atomic mass is 10.0. The van der Waals surface area contributed by atoms with E-state index in [-0.39, 0.29) is 12.0 Å². The fraction of sp³-hybridized carbons (Fsp3) is 0.261. The fourth-order valence-electron chi connectivity index (χ4n) is 2.76. The van der Waals surface area contributed by atoms with Crippen LogP contribution >= 0.6 is 23.2 Å². The summed E-state index contributed by atoms with van der Waals surface area (Å²) in [6.07, 6.45) is 1.53. The third-order valence-electron chi connectivity index (χ3n) is 4.98. The molecule has 0 aliphatic rings. The highest BCUT2D eigenvalue weighted by Crippen LogP contribution is 2.30. The van der Waals surface area contributed by atoms with E-state index in [1.54, 1.807) is 69.5 Å². The van der Waals surface area contributed by atoms with Crippen molar-refractivity contribution in [2.75, 3.05) is 22.6 Å². The third-order valence-corrected chi connectivity index (χ3v) is 5.54. The molecule has 0 aliphatic heterocycles. The summed E-state index contributed by atoms with van der Waals surface area (Å²) in [6, 6.07) is 12.5. The minimum Gasteiger partial charge on any atom is -0.497 e. The maximum Gasteiger partial charge on any atom is 0.332 e. The number of urea groups is 1. The van der Waals surface area contributed by atoms with E-state index in [0.717, 1.165) is 0 Å². The number of nitrogens with zero attached hydrogens (tertiary/aromatic N) is 3. The van der Waals surface area contributed by atoms with Crippen molar-refractivity contribution in [3.05, 3.63) is 64.8 Å². The molecule has 3 N–H and O–H groups in total. The molecular weight excluding hydrogens is 465 g/mol. The predicted octanol–water partition coefficient (Wildman–Crippen LogP) is 5.73. The Morgan fingerprint density at radius 3 is 2.48 bits per heavy atom. The van der Waals surface area contributed by atoms with Gasteiger partial charge in [0.15, 0.2) is 0 Å². The number of benzene rings is 2. The van der Waals surface area contributed by atoms with Gasteiger partial charge in [0.1, 0.15) is 11.6 Å². The number of carbonyl (C=O) groups excluding carboxylic acids is 1. The van der Waals surface area contributed by atoms with Gasteiger partial charge in [0, 0.05) is 17.3 Å². The van der Waals surface area contributed by atoms with Gasteiger partial charge in [-0.2, -0.15) is 4.98 Å². The van der Waals surface area contributed by atoms with Crippen molar-refractivity contribution < 1.29 is 14.6 Å². The van der Waals surface area contributed by atoms with Crippen LogP contribution in [0.3, 0.4) is 0 Å². The summed E-state index contributed by atoms with van der Waals surface area (Å²) in [5.41, 5.74) is -0.113. The van der Waals surface area contributed by atoms with E-state index in [1.807, 2.05) is 6.92 Å². The van der Waals surface area contributed by atoms with Crippen LogP contribution in [-0.4, -0.2) is 39.9 Å². The van der Waals surface area contributed by atoms with Gasteiger partial charge in [-0.3, -0.25) is 0 Å². The Labute approximate surface area is 202 Å². The average Bonchev–Trinajstić information content (AvgIpc) is 2.76. The number of ether oxygens (including phenoxy) is 1. The maximum absolute atomic E-state index is 13.4. The van der Waals surface area contributed by atoms with E-state index in [9.17, 15) is 9.90 Å². The second-order valence-electron chi connectivity index (χ2n) is 7.85. The second kappa shape index (κ2) is 10.2. The largest absolute Gasteiger partial charge is 0.497 e. The molecule has 10 heteroatoms. The molecule has 174 valence electrons.